The van der Waals surface area contributed by atoms with E-state index in [4.69, 9.17) is 4.74 Å². The van der Waals surface area contributed by atoms with E-state index in [2.05, 4.69) is 4.98 Å². The van der Waals surface area contributed by atoms with Gasteiger partial charge in [-0.05, 0) is 38.8 Å². The van der Waals surface area contributed by atoms with Crippen molar-refractivity contribution >= 4 is 5.91 Å². The summed E-state index contributed by atoms with van der Waals surface area (Å²) in [5.41, 5.74) is 1.05. The number of carbonyl (C=O) groups is 1. The van der Waals surface area contributed by atoms with Gasteiger partial charge in [0.25, 0.3) is 0 Å². The van der Waals surface area contributed by atoms with Crippen LogP contribution in [0.2, 0.25) is 0 Å². The minimum atomic E-state index is 0.186. The fraction of sp³-hybridized carbons (Fsp3) is 0.600. The van der Waals surface area contributed by atoms with Gasteiger partial charge >= 0.3 is 0 Å². The number of amides is 1. The van der Waals surface area contributed by atoms with Gasteiger partial charge in [0.15, 0.2) is 0 Å². The fourth-order valence-corrected chi connectivity index (χ4v) is 2.59. The lowest BCUT2D eigenvalue weighted by Crippen LogP contribution is -2.52. The highest BCUT2D eigenvalue weighted by Crippen LogP contribution is 2.15. The SMILES string of the molecule is C[C@H]1COC[C@H](C)N1C(=O)CCCc1ccccn1. The highest BCUT2D eigenvalue weighted by Gasteiger charge is 2.28. The number of carbonyl (C=O) groups excluding carboxylic acids is 1. The first-order valence-electron chi connectivity index (χ1n) is 6.97. The third-order valence-electron chi connectivity index (χ3n) is 3.51. The number of hydrogen-bond acceptors (Lipinski definition) is 3. The summed E-state index contributed by atoms with van der Waals surface area (Å²) in [4.78, 5) is 18.5. The molecule has 1 fully saturated rings. The van der Waals surface area contributed by atoms with Gasteiger partial charge in [0, 0.05) is 18.3 Å². The highest BCUT2D eigenvalue weighted by molar-refractivity contribution is 5.77. The Balaban J connectivity index is 1.80. The molecule has 0 aliphatic carbocycles. The number of rotatable bonds is 4. The van der Waals surface area contributed by atoms with Gasteiger partial charge in [0.05, 0.1) is 25.3 Å². The Labute approximate surface area is 114 Å². The zero-order chi connectivity index (χ0) is 13.7. The summed E-state index contributed by atoms with van der Waals surface area (Å²) in [6, 6.07) is 6.27. The molecule has 19 heavy (non-hydrogen) atoms. The Bertz CT molecular complexity index is 398. The van der Waals surface area contributed by atoms with Crippen LogP contribution in [0.3, 0.4) is 0 Å². The monoisotopic (exact) mass is 262 g/mol. The van der Waals surface area contributed by atoms with Crippen LogP contribution < -0.4 is 0 Å². The molecule has 104 valence electrons. The van der Waals surface area contributed by atoms with Crippen LogP contribution >= 0.6 is 0 Å². The lowest BCUT2D eigenvalue weighted by atomic mass is 10.1. The van der Waals surface area contributed by atoms with Crippen LogP contribution in [-0.2, 0) is 16.0 Å². The molecule has 1 saturated heterocycles. The van der Waals surface area contributed by atoms with Crippen molar-refractivity contribution in [3.63, 3.8) is 0 Å². The van der Waals surface area contributed by atoms with Crippen LogP contribution in [0, 0.1) is 0 Å². The maximum absolute atomic E-state index is 12.3. The summed E-state index contributed by atoms with van der Waals surface area (Å²) in [5.74, 6) is 0.235. The van der Waals surface area contributed by atoms with E-state index in [1.165, 1.54) is 0 Å². The maximum Gasteiger partial charge on any atom is 0.223 e. The van der Waals surface area contributed by atoms with Crippen LogP contribution in [0.15, 0.2) is 24.4 Å². The van der Waals surface area contributed by atoms with E-state index in [1.54, 1.807) is 6.20 Å². The largest absolute Gasteiger partial charge is 0.377 e. The first-order chi connectivity index (χ1) is 9.18. The van der Waals surface area contributed by atoms with Crippen molar-refractivity contribution in [3.8, 4) is 0 Å². The van der Waals surface area contributed by atoms with Crippen molar-refractivity contribution in [1.82, 2.24) is 9.88 Å². The molecule has 4 heteroatoms. The van der Waals surface area contributed by atoms with Crippen LogP contribution in [0.5, 0.6) is 0 Å². The minimum absolute atomic E-state index is 0.186. The molecule has 0 saturated carbocycles. The van der Waals surface area contributed by atoms with Gasteiger partial charge in [-0.25, -0.2) is 0 Å². The Morgan fingerprint density at radius 2 is 2.11 bits per heavy atom. The molecular formula is C15H22N2O2. The molecule has 2 rings (SSSR count). The molecule has 0 bridgehead atoms. The molecule has 0 radical (unpaired) electrons. The molecular weight excluding hydrogens is 240 g/mol. The predicted octanol–water partition coefficient (Wildman–Crippen LogP) is 2.04. The Morgan fingerprint density at radius 3 is 2.74 bits per heavy atom. The van der Waals surface area contributed by atoms with Crippen LogP contribution in [0.1, 0.15) is 32.4 Å². The number of nitrogens with zero attached hydrogens (tertiary/aromatic N) is 2. The number of morpholine rings is 1. The summed E-state index contributed by atoms with van der Waals surface area (Å²) in [6.07, 6.45) is 4.10. The normalized spacial score (nSPS) is 23.4. The molecule has 1 amide bonds. The maximum atomic E-state index is 12.3. The lowest BCUT2D eigenvalue weighted by Gasteiger charge is -2.38. The number of pyridine rings is 1. The van der Waals surface area contributed by atoms with E-state index in [0.717, 1.165) is 18.5 Å². The molecule has 2 heterocycles. The smallest absolute Gasteiger partial charge is 0.223 e. The standard InChI is InChI=1S/C15H22N2O2/c1-12-10-19-11-13(2)17(12)15(18)8-5-7-14-6-3-4-9-16-14/h3-4,6,9,12-13H,5,7-8,10-11H2,1-2H3/t12-,13-/m0/s1. The molecule has 0 spiro atoms. The van der Waals surface area contributed by atoms with Crippen molar-refractivity contribution < 1.29 is 9.53 Å². The van der Waals surface area contributed by atoms with Crippen LogP contribution in [0.4, 0.5) is 0 Å². The number of aryl methyl sites for hydroxylation is 1. The van der Waals surface area contributed by atoms with Gasteiger partial charge in [-0.15, -0.1) is 0 Å². The second-order valence-electron chi connectivity index (χ2n) is 5.21. The quantitative estimate of drug-likeness (QED) is 0.834. The predicted molar refractivity (Wildman–Crippen MR) is 73.8 cm³/mol. The van der Waals surface area contributed by atoms with E-state index in [-0.39, 0.29) is 18.0 Å². The molecule has 1 aromatic heterocycles. The Kier molecular flexibility index (Phi) is 4.91. The van der Waals surface area contributed by atoms with Crippen molar-refractivity contribution in [2.45, 2.75) is 45.2 Å². The van der Waals surface area contributed by atoms with E-state index in [9.17, 15) is 4.79 Å². The first-order valence-corrected chi connectivity index (χ1v) is 6.97. The van der Waals surface area contributed by atoms with Crippen LogP contribution in [-0.4, -0.2) is 41.1 Å². The Hall–Kier alpha value is -1.42. The minimum Gasteiger partial charge on any atom is -0.377 e. The fourth-order valence-electron chi connectivity index (χ4n) is 2.59. The third-order valence-corrected chi connectivity index (χ3v) is 3.51. The van der Waals surface area contributed by atoms with Crippen molar-refractivity contribution in [1.29, 1.82) is 0 Å². The van der Waals surface area contributed by atoms with Gasteiger partial charge in [-0.3, -0.25) is 9.78 Å². The highest BCUT2D eigenvalue weighted by atomic mass is 16.5. The molecule has 1 aliphatic rings. The summed E-state index contributed by atoms with van der Waals surface area (Å²) in [6.45, 7) is 5.39. The van der Waals surface area contributed by atoms with Crippen molar-refractivity contribution in [2.24, 2.45) is 0 Å². The summed E-state index contributed by atoms with van der Waals surface area (Å²) in [7, 11) is 0. The molecule has 0 N–H and O–H groups in total. The second-order valence-corrected chi connectivity index (χ2v) is 5.21. The molecule has 2 atom stereocenters. The topological polar surface area (TPSA) is 42.4 Å². The lowest BCUT2D eigenvalue weighted by molar-refractivity contribution is -0.144. The van der Waals surface area contributed by atoms with E-state index >= 15 is 0 Å². The second kappa shape index (κ2) is 6.66. The summed E-state index contributed by atoms with van der Waals surface area (Å²) < 4.78 is 5.44. The van der Waals surface area contributed by atoms with Gasteiger partial charge in [-0.1, -0.05) is 6.07 Å². The zero-order valence-corrected chi connectivity index (χ0v) is 11.7. The Morgan fingerprint density at radius 1 is 1.37 bits per heavy atom. The average molecular weight is 262 g/mol. The van der Waals surface area contributed by atoms with Crippen LogP contribution in [0.25, 0.3) is 0 Å². The average Bonchev–Trinajstić information content (AvgIpc) is 2.40. The van der Waals surface area contributed by atoms with Gasteiger partial charge in [-0.2, -0.15) is 0 Å². The van der Waals surface area contributed by atoms with E-state index < -0.39 is 0 Å². The first kappa shape index (κ1) is 14.0. The van der Waals surface area contributed by atoms with Gasteiger partial charge in [0.2, 0.25) is 5.91 Å². The third kappa shape index (κ3) is 3.77. The van der Waals surface area contributed by atoms with Gasteiger partial charge < -0.3 is 9.64 Å². The summed E-state index contributed by atoms with van der Waals surface area (Å²) >= 11 is 0. The molecule has 1 aromatic rings. The van der Waals surface area contributed by atoms with E-state index in [0.29, 0.717) is 19.6 Å². The number of ether oxygens (including phenoxy) is 1. The molecule has 4 nitrogen and oxygen atoms in total. The molecule has 1 aliphatic heterocycles. The van der Waals surface area contributed by atoms with E-state index in [1.807, 2.05) is 36.9 Å². The van der Waals surface area contributed by atoms with Crippen molar-refractivity contribution in [2.75, 3.05) is 13.2 Å². The zero-order valence-electron chi connectivity index (χ0n) is 11.7. The molecule has 0 unspecified atom stereocenters. The number of aromatic nitrogens is 1. The van der Waals surface area contributed by atoms with Gasteiger partial charge in [0.1, 0.15) is 0 Å². The number of hydrogen-bond donors (Lipinski definition) is 0. The van der Waals surface area contributed by atoms with Crippen molar-refractivity contribution in [3.05, 3.63) is 30.1 Å². The molecule has 0 aromatic carbocycles. The summed E-state index contributed by atoms with van der Waals surface area (Å²) in [5, 5.41) is 0.